The lowest BCUT2D eigenvalue weighted by molar-refractivity contribution is -0.116. The fourth-order valence-corrected chi connectivity index (χ4v) is 6.13. The van der Waals surface area contributed by atoms with Crippen LogP contribution in [0.15, 0.2) is 47.6 Å². The minimum Gasteiger partial charge on any atom is -0.365 e. The summed E-state index contributed by atoms with van der Waals surface area (Å²) in [5.41, 5.74) is 7.80. The van der Waals surface area contributed by atoms with Gasteiger partial charge in [-0.25, -0.2) is 0 Å². The molecule has 1 saturated carbocycles. The highest BCUT2D eigenvalue weighted by Gasteiger charge is 2.72. The average molecular weight is 404 g/mol. The zero-order valence-electron chi connectivity index (χ0n) is 19.4. The van der Waals surface area contributed by atoms with Crippen LogP contribution in [0.2, 0.25) is 0 Å². The van der Waals surface area contributed by atoms with Gasteiger partial charge in [0.15, 0.2) is 5.79 Å². The van der Waals surface area contributed by atoms with E-state index < -0.39 is 5.79 Å². The summed E-state index contributed by atoms with van der Waals surface area (Å²) in [6.45, 7) is 13.7. The van der Waals surface area contributed by atoms with Crippen molar-refractivity contribution in [2.45, 2.75) is 64.7 Å². The van der Waals surface area contributed by atoms with Gasteiger partial charge in [0, 0.05) is 30.8 Å². The Morgan fingerprint density at radius 1 is 1.17 bits per heavy atom. The number of aliphatic hydroxyl groups is 1. The van der Waals surface area contributed by atoms with Crippen LogP contribution in [0.3, 0.4) is 0 Å². The lowest BCUT2D eigenvalue weighted by atomic mass is 9.64. The average Bonchev–Trinajstić information content (AvgIpc) is 3.30. The van der Waals surface area contributed by atoms with E-state index in [9.17, 15) is 5.11 Å². The quantitative estimate of drug-likeness (QED) is 0.631. The molecule has 3 aliphatic rings. The molecule has 3 heteroatoms. The van der Waals surface area contributed by atoms with Gasteiger partial charge in [-0.05, 0) is 51.5 Å². The zero-order valence-corrected chi connectivity index (χ0v) is 19.4. The van der Waals surface area contributed by atoms with Crippen LogP contribution < -0.4 is 0 Å². The molecule has 158 valence electrons. The topological polar surface area (TPSA) is 32.7 Å². The third-order valence-corrected chi connectivity index (χ3v) is 7.49. The van der Waals surface area contributed by atoms with E-state index in [1.807, 2.05) is 0 Å². The van der Waals surface area contributed by atoms with Gasteiger partial charge in [-0.15, -0.1) is 0 Å². The minimum absolute atomic E-state index is 0.0344. The summed E-state index contributed by atoms with van der Waals surface area (Å²) in [4.78, 5) is 2.27. The third-order valence-electron chi connectivity index (χ3n) is 7.49. The second kappa shape index (κ2) is 5.77. The first-order chi connectivity index (χ1) is 13.9. The Bertz CT molecular complexity index is 1150. The Morgan fingerprint density at radius 3 is 2.47 bits per heavy atom. The van der Waals surface area contributed by atoms with Gasteiger partial charge in [0.25, 0.3) is 0 Å². The Kier molecular flexibility index (Phi) is 3.82. The molecule has 1 N–H and O–H groups in total. The monoisotopic (exact) mass is 403 g/mol. The number of benzene rings is 2. The van der Waals surface area contributed by atoms with E-state index in [2.05, 4.69) is 89.9 Å². The number of hydrogen-bond donors (Lipinski definition) is 1. The SMILES string of the molecule is COC1(O)C2c3c4c(cc5ccccc35)C(C)(C)/C(=C/C(C)(C)C)C(C)=C4N(C)C21. The van der Waals surface area contributed by atoms with Gasteiger partial charge < -0.3 is 14.7 Å². The van der Waals surface area contributed by atoms with Crippen molar-refractivity contribution in [3.8, 4) is 0 Å². The summed E-state index contributed by atoms with van der Waals surface area (Å²) in [6.07, 6.45) is 2.43. The number of fused-ring (bicyclic) bond motifs is 4. The van der Waals surface area contributed by atoms with Gasteiger partial charge in [-0.3, -0.25) is 0 Å². The molecule has 0 aromatic heterocycles. The van der Waals surface area contributed by atoms with Crippen LogP contribution in [0.5, 0.6) is 0 Å². The maximum absolute atomic E-state index is 11.4. The number of hydrogen-bond acceptors (Lipinski definition) is 3. The number of likely N-dealkylation sites (N-methyl/N-ethyl adjacent to an activating group) is 1. The molecule has 2 aliphatic carbocycles. The van der Waals surface area contributed by atoms with Crippen LogP contribution in [-0.4, -0.2) is 36.0 Å². The summed E-state index contributed by atoms with van der Waals surface area (Å²) in [5, 5.41) is 13.8. The fraction of sp³-hybridized carbons (Fsp3) is 0.481. The van der Waals surface area contributed by atoms with Crippen molar-refractivity contribution in [1.82, 2.24) is 4.90 Å². The van der Waals surface area contributed by atoms with E-state index >= 15 is 0 Å². The Morgan fingerprint density at radius 2 is 1.83 bits per heavy atom. The van der Waals surface area contributed by atoms with Crippen LogP contribution in [0.1, 0.15) is 64.2 Å². The normalized spacial score (nSPS) is 30.6. The second-order valence-electron chi connectivity index (χ2n) is 10.9. The smallest absolute Gasteiger partial charge is 0.195 e. The lowest BCUT2D eigenvalue weighted by Gasteiger charge is -2.44. The molecule has 2 aromatic rings. The van der Waals surface area contributed by atoms with Crippen LogP contribution in [0.4, 0.5) is 0 Å². The molecule has 3 unspecified atom stereocenters. The second-order valence-corrected chi connectivity index (χ2v) is 10.9. The van der Waals surface area contributed by atoms with E-state index in [1.54, 1.807) is 7.11 Å². The van der Waals surface area contributed by atoms with Crippen molar-refractivity contribution in [3.05, 3.63) is 64.2 Å². The maximum atomic E-state index is 11.4. The van der Waals surface area contributed by atoms with Crippen molar-refractivity contribution in [2.75, 3.05) is 14.2 Å². The van der Waals surface area contributed by atoms with Gasteiger partial charge in [-0.2, -0.15) is 0 Å². The highest BCUT2D eigenvalue weighted by molar-refractivity contribution is 5.97. The zero-order chi connectivity index (χ0) is 21.8. The van der Waals surface area contributed by atoms with Crippen molar-refractivity contribution < 1.29 is 9.84 Å². The third kappa shape index (κ3) is 2.34. The van der Waals surface area contributed by atoms with Gasteiger partial charge >= 0.3 is 0 Å². The summed E-state index contributed by atoms with van der Waals surface area (Å²) in [7, 11) is 3.74. The lowest BCUT2D eigenvalue weighted by Crippen LogP contribution is -2.37. The van der Waals surface area contributed by atoms with Crippen molar-refractivity contribution in [1.29, 1.82) is 0 Å². The molecule has 1 aliphatic heterocycles. The molecule has 0 amide bonds. The van der Waals surface area contributed by atoms with Crippen molar-refractivity contribution in [3.63, 3.8) is 0 Å². The van der Waals surface area contributed by atoms with Gasteiger partial charge in [0.1, 0.15) is 0 Å². The molecule has 5 rings (SSSR count). The molecular formula is C27H33NO2. The first kappa shape index (κ1) is 19.8. The highest BCUT2D eigenvalue weighted by atomic mass is 16.6. The molecule has 3 nitrogen and oxygen atoms in total. The first-order valence-electron chi connectivity index (χ1n) is 10.9. The molecule has 30 heavy (non-hydrogen) atoms. The number of ether oxygens (including phenoxy) is 1. The predicted octanol–water partition coefficient (Wildman–Crippen LogP) is 5.58. The summed E-state index contributed by atoms with van der Waals surface area (Å²) >= 11 is 0. The summed E-state index contributed by atoms with van der Waals surface area (Å²) in [5.74, 6) is -1.18. The van der Waals surface area contributed by atoms with Gasteiger partial charge in [0.05, 0.1) is 12.0 Å². The Hall–Kier alpha value is -2.10. The molecule has 1 heterocycles. The maximum Gasteiger partial charge on any atom is 0.195 e. The predicted molar refractivity (Wildman–Crippen MR) is 123 cm³/mol. The molecule has 3 atom stereocenters. The largest absolute Gasteiger partial charge is 0.365 e. The van der Waals surface area contributed by atoms with E-state index in [4.69, 9.17) is 4.74 Å². The summed E-state index contributed by atoms with van der Waals surface area (Å²) in [6, 6.07) is 10.9. The van der Waals surface area contributed by atoms with E-state index in [-0.39, 0.29) is 22.8 Å². The molecule has 0 bridgehead atoms. The minimum atomic E-state index is -1.14. The number of rotatable bonds is 1. The first-order valence-corrected chi connectivity index (χ1v) is 10.9. The van der Waals surface area contributed by atoms with E-state index in [0.29, 0.717) is 0 Å². The molecule has 0 saturated heterocycles. The summed E-state index contributed by atoms with van der Waals surface area (Å²) < 4.78 is 5.70. The van der Waals surface area contributed by atoms with E-state index in [1.165, 1.54) is 44.3 Å². The Balaban J connectivity index is 1.95. The van der Waals surface area contributed by atoms with Crippen LogP contribution >= 0.6 is 0 Å². The van der Waals surface area contributed by atoms with Crippen molar-refractivity contribution in [2.24, 2.45) is 5.41 Å². The van der Waals surface area contributed by atoms with E-state index in [0.717, 1.165) is 0 Å². The van der Waals surface area contributed by atoms with Gasteiger partial charge in [0.2, 0.25) is 0 Å². The van der Waals surface area contributed by atoms with Crippen LogP contribution in [0.25, 0.3) is 16.5 Å². The standard InChI is InChI=1S/C27H33NO2/c1-15-19(14-25(2,3)4)26(5,6)18-13-16-11-9-10-12-17(16)20-21(18)23(15)28(7)24-22(20)27(24,29)30-8/h9-14,22,24,29H,1-8H3/b19-14+. The molecular weight excluding hydrogens is 370 g/mol. The molecule has 0 radical (unpaired) electrons. The number of methoxy groups -OCH3 is 1. The fourth-order valence-electron chi connectivity index (χ4n) is 6.13. The van der Waals surface area contributed by atoms with Gasteiger partial charge in [-0.1, -0.05) is 65.0 Å². The van der Waals surface area contributed by atoms with Crippen LogP contribution in [-0.2, 0) is 10.2 Å². The Labute approximate surface area is 180 Å². The number of allylic oxidation sites excluding steroid dienone is 3. The van der Waals surface area contributed by atoms with Crippen molar-refractivity contribution >= 4 is 16.5 Å². The molecule has 0 spiro atoms. The van der Waals surface area contributed by atoms with Crippen LogP contribution in [0, 0.1) is 5.41 Å². The number of nitrogens with zero attached hydrogens (tertiary/aromatic N) is 1. The highest BCUT2D eigenvalue weighted by Crippen LogP contribution is 2.65. The molecule has 1 fully saturated rings. The molecule has 2 aromatic carbocycles.